The minimum atomic E-state index is -4.70. The fourth-order valence-electron chi connectivity index (χ4n) is 4.25. The Morgan fingerprint density at radius 2 is 1.85 bits per heavy atom. The number of hydrogen-bond acceptors (Lipinski definition) is 5. The zero-order valence-electron chi connectivity index (χ0n) is 18.0. The summed E-state index contributed by atoms with van der Waals surface area (Å²) < 4.78 is 67.0. The van der Waals surface area contributed by atoms with Gasteiger partial charge in [0.05, 0.1) is 21.5 Å². The van der Waals surface area contributed by atoms with E-state index in [4.69, 9.17) is 0 Å². The predicted molar refractivity (Wildman–Crippen MR) is 116 cm³/mol. The lowest BCUT2D eigenvalue weighted by molar-refractivity contribution is -0.147. The molecule has 1 aliphatic carbocycles. The van der Waals surface area contributed by atoms with Crippen LogP contribution < -0.4 is 4.72 Å². The summed E-state index contributed by atoms with van der Waals surface area (Å²) in [7, 11) is -4.38. The average Bonchev–Trinajstić information content (AvgIpc) is 3.38. The van der Waals surface area contributed by atoms with Crippen LogP contribution in [-0.2, 0) is 10.0 Å². The highest BCUT2D eigenvalue weighted by atomic mass is 32.2. The van der Waals surface area contributed by atoms with Crippen molar-refractivity contribution in [3.05, 3.63) is 41.9 Å². The molecule has 0 bridgehead atoms. The van der Waals surface area contributed by atoms with Crippen LogP contribution in [0, 0.1) is 18.3 Å². The number of benzene rings is 1. The van der Waals surface area contributed by atoms with Gasteiger partial charge in [-0.3, -0.25) is 0 Å². The smallest absolute Gasteiger partial charge is 0.321 e. The molecule has 0 unspecified atom stereocenters. The van der Waals surface area contributed by atoms with Crippen LogP contribution >= 0.6 is 0 Å². The van der Waals surface area contributed by atoms with Crippen molar-refractivity contribution < 1.29 is 21.6 Å². The number of fused-ring (bicyclic) bond motifs is 1. The van der Waals surface area contributed by atoms with E-state index in [2.05, 4.69) is 16.0 Å². The van der Waals surface area contributed by atoms with Crippen LogP contribution in [0.25, 0.3) is 22.3 Å². The Kier molecular flexibility index (Phi) is 5.92. The van der Waals surface area contributed by atoms with E-state index in [9.17, 15) is 26.9 Å². The molecule has 1 fully saturated rings. The number of halogens is 3. The first kappa shape index (κ1) is 23.2. The molecule has 0 aliphatic heterocycles. The Bertz CT molecular complexity index is 1340. The summed E-state index contributed by atoms with van der Waals surface area (Å²) in [6, 6.07) is 5.65. The number of nitrogens with zero attached hydrogens (tertiary/aromatic N) is 4. The summed E-state index contributed by atoms with van der Waals surface area (Å²) in [6.45, 7) is 2.51. The van der Waals surface area contributed by atoms with E-state index in [-0.39, 0.29) is 10.9 Å². The van der Waals surface area contributed by atoms with E-state index in [0.717, 1.165) is 32.6 Å². The second-order valence-corrected chi connectivity index (χ2v) is 9.92. The fourth-order valence-corrected chi connectivity index (χ4v) is 5.48. The molecule has 0 spiro atoms. The minimum absolute atomic E-state index is 0.136. The molecule has 11 heteroatoms. The van der Waals surface area contributed by atoms with Crippen LogP contribution in [0.2, 0.25) is 0 Å². The molecule has 1 aromatic carbocycles. The van der Waals surface area contributed by atoms with Crippen LogP contribution in [-0.4, -0.2) is 35.2 Å². The lowest BCUT2D eigenvalue weighted by Gasteiger charge is -2.19. The van der Waals surface area contributed by atoms with E-state index in [1.54, 1.807) is 17.8 Å². The fraction of sp³-hybridized carbons (Fsp3) is 0.409. The highest BCUT2D eigenvalue weighted by molar-refractivity contribution is 7.89. The number of rotatable bonds is 5. The zero-order chi connectivity index (χ0) is 24.0. The van der Waals surface area contributed by atoms with Gasteiger partial charge in [-0.1, -0.05) is 25.0 Å². The topological polar surface area (TPSA) is 101 Å². The Morgan fingerprint density at radius 1 is 1.21 bits per heavy atom. The molecule has 0 saturated heterocycles. The van der Waals surface area contributed by atoms with Crippen molar-refractivity contribution in [1.29, 1.82) is 5.26 Å². The van der Waals surface area contributed by atoms with E-state index < -0.39 is 22.2 Å². The van der Waals surface area contributed by atoms with Gasteiger partial charge in [0.15, 0.2) is 0 Å². The van der Waals surface area contributed by atoms with Crippen LogP contribution in [0.15, 0.2) is 35.4 Å². The standard InChI is InChI=1S/C22H22F3N5O2S/c1-13(22(23,24)25)29-33(31,32)17-9-7-15(8-10-17)20-18(11-26)19-12-27-14(2)28-21(19)30(20)16-5-3-4-6-16/h7-10,12-13,16,29H,3-6H2,1-2H3/t13-/m0/s1. The largest absolute Gasteiger partial charge is 0.404 e. The molecule has 174 valence electrons. The maximum absolute atomic E-state index is 12.8. The van der Waals surface area contributed by atoms with Crippen LogP contribution in [0.3, 0.4) is 0 Å². The lowest BCUT2D eigenvalue weighted by Crippen LogP contribution is -2.42. The summed E-state index contributed by atoms with van der Waals surface area (Å²) >= 11 is 0. The van der Waals surface area contributed by atoms with Gasteiger partial charge in [0.25, 0.3) is 0 Å². The molecule has 7 nitrogen and oxygen atoms in total. The van der Waals surface area contributed by atoms with Crippen molar-refractivity contribution in [2.24, 2.45) is 0 Å². The third-order valence-electron chi connectivity index (χ3n) is 5.93. The second-order valence-electron chi connectivity index (χ2n) is 8.21. The Morgan fingerprint density at radius 3 is 2.42 bits per heavy atom. The van der Waals surface area contributed by atoms with Crippen molar-refractivity contribution in [1.82, 2.24) is 19.3 Å². The van der Waals surface area contributed by atoms with Gasteiger partial charge in [-0.05, 0) is 44.4 Å². The predicted octanol–water partition coefficient (Wildman–Crippen LogP) is 4.62. The maximum Gasteiger partial charge on any atom is 0.404 e. The molecule has 2 heterocycles. The Labute approximate surface area is 189 Å². The normalized spacial score (nSPS) is 16.2. The summed E-state index contributed by atoms with van der Waals surface area (Å²) in [5.74, 6) is 0.571. The number of hydrogen-bond donors (Lipinski definition) is 1. The minimum Gasteiger partial charge on any atom is -0.321 e. The zero-order valence-corrected chi connectivity index (χ0v) is 18.8. The number of nitriles is 1. The molecular formula is C22H22F3N5O2S. The Balaban J connectivity index is 1.81. The Hall–Kier alpha value is -2.97. The third-order valence-corrected chi connectivity index (χ3v) is 7.48. The molecule has 2 aromatic heterocycles. The van der Waals surface area contributed by atoms with Crippen molar-refractivity contribution in [2.45, 2.75) is 62.7 Å². The highest BCUT2D eigenvalue weighted by Gasteiger charge is 2.39. The first-order chi connectivity index (χ1) is 15.5. The number of nitrogens with one attached hydrogen (secondary N) is 1. The van der Waals surface area contributed by atoms with Crippen molar-refractivity contribution in [3.8, 4) is 17.3 Å². The van der Waals surface area contributed by atoms with Gasteiger partial charge >= 0.3 is 6.18 Å². The van der Waals surface area contributed by atoms with Crippen molar-refractivity contribution in [2.75, 3.05) is 0 Å². The van der Waals surface area contributed by atoms with Crippen LogP contribution in [0.5, 0.6) is 0 Å². The van der Waals surface area contributed by atoms with Gasteiger partial charge in [0, 0.05) is 12.2 Å². The lowest BCUT2D eigenvalue weighted by atomic mass is 10.1. The molecule has 3 aromatic rings. The molecule has 1 N–H and O–H groups in total. The van der Waals surface area contributed by atoms with Gasteiger partial charge in [0.2, 0.25) is 10.0 Å². The molecule has 4 rings (SSSR count). The van der Waals surface area contributed by atoms with Gasteiger partial charge in [-0.2, -0.15) is 23.2 Å². The number of alkyl halides is 3. The second kappa shape index (κ2) is 8.43. The summed E-state index contributed by atoms with van der Waals surface area (Å²) in [4.78, 5) is 8.51. The van der Waals surface area contributed by atoms with E-state index in [1.807, 2.05) is 4.57 Å². The highest BCUT2D eigenvalue weighted by Crippen LogP contribution is 2.40. The number of aromatic nitrogens is 3. The monoisotopic (exact) mass is 477 g/mol. The molecule has 1 saturated carbocycles. The van der Waals surface area contributed by atoms with Gasteiger partial charge in [0.1, 0.15) is 23.6 Å². The number of aryl methyl sites for hydroxylation is 1. The molecule has 0 amide bonds. The molecule has 1 atom stereocenters. The van der Waals surface area contributed by atoms with E-state index in [1.165, 1.54) is 24.3 Å². The van der Waals surface area contributed by atoms with E-state index >= 15 is 0 Å². The van der Waals surface area contributed by atoms with Gasteiger partial charge in [-0.25, -0.2) is 18.4 Å². The molecule has 33 heavy (non-hydrogen) atoms. The van der Waals surface area contributed by atoms with Crippen molar-refractivity contribution >= 4 is 21.1 Å². The SMILES string of the molecule is Cc1ncc2c(C#N)c(-c3ccc(S(=O)(=O)N[C@@H](C)C(F)(F)F)cc3)n(C3CCCC3)c2n1. The van der Waals surface area contributed by atoms with E-state index in [0.29, 0.717) is 33.7 Å². The van der Waals surface area contributed by atoms with Crippen molar-refractivity contribution in [3.63, 3.8) is 0 Å². The first-order valence-corrected chi connectivity index (χ1v) is 12.0. The van der Waals surface area contributed by atoms with Crippen LogP contribution in [0.1, 0.15) is 50.0 Å². The maximum atomic E-state index is 12.8. The number of sulfonamides is 1. The molecule has 0 radical (unpaired) electrons. The molecular weight excluding hydrogens is 455 g/mol. The molecule has 1 aliphatic rings. The summed E-state index contributed by atoms with van der Waals surface area (Å²) in [6.07, 6.45) is 0.876. The van der Waals surface area contributed by atoms with Gasteiger partial charge in [-0.15, -0.1) is 0 Å². The summed E-state index contributed by atoms with van der Waals surface area (Å²) in [5, 5.41) is 10.5. The summed E-state index contributed by atoms with van der Waals surface area (Å²) in [5.41, 5.74) is 2.23. The van der Waals surface area contributed by atoms with Crippen LogP contribution in [0.4, 0.5) is 13.2 Å². The third kappa shape index (κ3) is 4.32. The quantitative estimate of drug-likeness (QED) is 0.578. The van der Waals surface area contributed by atoms with Gasteiger partial charge < -0.3 is 4.57 Å². The first-order valence-electron chi connectivity index (χ1n) is 10.5. The average molecular weight is 478 g/mol.